The van der Waals surface area contributed by atoms with Crippen LogP contribution in [0.25, 0.3) is 0 Å². The van der Waals surface area contributed by atoms with Crippen molar-refractivity contribution in [3.05, 3.63) is 24.2 Å². The van der Waals surface area contributed by atoms with Crippen molar-refractivity contribution < 1.29 is 14.3 Å². The molecule has 1 rings (SSSR count). The van der Waals surface area contributed by atoms with Gasteiger partial charge in [0.2, 0.25) is 0 Å². The normalized spacial score (nSPS) is 28.7. The fourth-order valence-electron chi connectivity index (χ4n) is 0.926. The van der Waals surface area contributed by atoms with Crippen molar-refractivity contribution in [2.75, 3.05) is 0 Å². The highest BCUT2D eigenvalue weighted by molar-refractivity contribution is 6.19. The van der Waals surface area contributed by atoms with Crippen LogP contribution in [0.5, 0.6) is 0 Å². The van der Waals surface area contributed by atoms with Gasteiger partial charge in [0.15, 0.2) is 19.2 Å². The molecule has 1 atom stereocenters. The van der Waals surface area contributed by atoms with Gasteiger partial charge in [-0.2, -0.15) is 0 Å². The molecule has 0 aromatic rings. The molecule has 0 aromatic carbocycles. The molecule has 0 amide bonds. The first kappa shape index (κ1) is 8.87. The number of cyclic esters (lactones) is 1. The lowest BCUT2D eigenvalue weighted by atomic mass is 9.90. The maximum atomic E-state index is 10.9. The van der Waals surface area contributed by atoms with Crippen LogP contribution in [0.3, 0.4) is 0 Å². The van der Waals surface area contributed by atoms with Crippen LogP contribution < -0.4 is 5.73 Å². The van der Waals surface area contributed by atoms with Crippen LogP contribution in [0.2, 0.25) is 0 Å². The maximum Gasteiger partial charge on any atom is 0.338 e. The van der Waals surface area contributed by atoms with E-state index in [4.69, 9.17) is 18.3 Å². The third kappa shape index (κ3) is 1.23. The Labute approximate surface area is 71.4 Å². The zero-order valence-electron chi connectivity index (χ0n) is 6.66. The largest absolute Gasteiger partial charge is 0.465 e. The van der Waals surface area contributed by atoms with Gasteiger partial charge in [-0.05, 0) is 6.92 Å². The van der Waals surface area contributed by atoms with E-state index in [0.29, 0.717) is 0 Å². The van der Waals surface area contributed by atoms with E-state index in [2.05, 4.69) is 11.3 Å². The summed E-state index contributed by atoms with van der Waals surface area (Å²) in [6.07, 6.45) is 1.13. The Kier molecular flexibility index (Phi) is 1.98. The van der Waals surface area contributed by atoms with Gasteiger partial charge in [0, 0.05) is 0 Å². The van der Waals surface area contributed by atoms with Crippen LogP contribution in [-0.2, 0) is 14.3 Å². The maximum absolute atomic E-state index is 10.9. The summed E-state index contributed by atoms with van der Waals surface area (Å²) in [6, 6.07) is 0. The molecule has 5 heteroatoms. The molecule has 4 nitrogen and oxygen atoms in total. The monoisotopic (exact) mass is 165 g/mol. The highest BCUT2D eigenvalue weighted by atomic mass is 16.6. The predicted molar refractivity (Wildman–Crippen MR) is 42.7 cm³/mol. The van der Waals surface area contributed by atoms with Crippen LogP contribution in [0, 0.1) is 0 Å². The number of hydrogen-bond acceptors (Lipinski definition) is 4. The zero-order chi connectivity index (χ0) is 9.35. The molecule has 2 radical (unpaired) electrons. The first-order chi connectivity index (χ1) is 5.49. The minimum Gasteiger partial charge on any atom is -0.465 e. The first-order valence-corrected chi connectivity index (χ1v) is 3.29. The second kappa shape index (κ2) is 2.67. The third-order valence-electron chi connectivity index (χ3n) is 1.46. The van der Waals surface area contributed by atoms with Crippen LogP contribution in [0.1, 0.15) is 6.92 Å². The molecule has 1 aliphatic rings. The van der Waals surface area contributed by atoms with Crippen LogP contribution in [-0.4, -0.2) is 19.4 Å². The summed E-state index contributed by atoms with van der Waals surface area (Å²) in [6.45, 7) is 4.83. The summed E-state index contributed by atoms with van der Waals surface area (Å²) in [5.74, 6) is -0.473. The Morgan fingerprint density at radius 2 is 2.42 bits per heavy atom. The summed E-state index contributed by atoms with van der Waals surface area (Å²) in [7, 11) is 5.39. The number of carbonyl (C=O) groups excluding carboxylic acids is 1. The summed E-state index contributed by atoms with van der Waals surface area (Å²) in [5, 5.41) is 0. The molecule has 0 saturated carbocycles. The average Bonchev–Trinajstić information content (AvgIpc) is 2.13. The van der Waals surface area contributed by atoms with Gasteiger partial charge >= 0.3 is 5.97 Å². The van der Waals surface area contributed by atoms with Crippen molar-refractivity contribution >= 4 is 13.8 Å². The second-order valence-electron chi connectivity index (χ2n) is 2.42. The van der Waals surface area contributed by atoms with Gasteiger partial charge in [-0.1, -0.05) is 6.58 Å². The van der Waals surface area contributed by atoms with Crippen molar-refractivity contribution in [1.29, 1.82) is 0 Å². The Bertz CT molecular complexity index is 270. The number of hydrogen-bond donors (Lipinski definition) is 1. The molecule has 62 valence electrons. The van der Waals surface area contributed by atoms with E-state index in [1.165, 1.54) is 6.92 Å². The summed E-state index contributed by atoms with van der Waals surface area (Å²) in [4.78, 5) is 10.9. The quantitative estimate of drug-likeness (QED) is 0.348. The third-order valence-corrected chi connectivity index (χ3v) is 1.46. The Morgan fingerprint density at radius 3 is 2.75 bits per heavy atom. The van der Waals surface area contributed by atoms with Gasteiger partial charge in [-0.25, -0.2) is 4.79 Å². The second-order valence-corrected chi connectivity index (χ2v) is 2.42. The van der Waals surface area contributed by atoms with Gasteiger partial charge in [0.05, 0.1) is 11.8 Å². The van der Waals surface area contributed by atoms with Crippen molar-refractivity contribution in [3.63, 3.8) is 0 Å². The minimum atomic E-state index is -1.66. The molecule has 0 aliphatic carbocycles. The lowest BCUT2D eigenvalue weighted by molar-refractivity contribution is -0.142. The number of rotatable bonds is 2. The highest BCUT2D eigenvalue weighted by Crippen LogP contribution is 2.26. The molecule has 0 bridgehead atoms. The minimum absolute atomic E-state index is 0.0995. The van der Waals surface area contributed by atoms with Crippen LogP contribution in [0.15, 0.2) is 24.2 Å². The lowest BCUT2D eigenvalue weighted by Gasteiger charge is -2.20. The fourth-order valence-corrected chi connectivity index (χ4v) is 0.926. The Morgan fingerprint density at radius 1 is 1.83 bits per heavy atom. The molecule has 0 aromatic heterocycles. The summed E-state index contributed by atoms with van der Waals surface area (Å²) in [5.41, 5.74) is 4.00. The van der Waals surface area contributed by atoms with E-state index in [1.807, 2.05) is 0 Å². The van der Waals surface area contributed by atoms with Crippen molar-refractivity contribution in [2.45, 2.75) is 12.5 Å². The van der Waals surface area contributed by atoms with Gasteiger partial charge < -0.3 is 9.47 Å². The van der Waals surface area contributed by atoms with E-state index in [1.54, 1.807) is 0 Å². The zero-order valence-corrected chi connectivity index (χ0v) is 6.66. The van der Waals surface area contributed by atoms with E-state index >= 15 is 0 Å². The van der Waals surface area contributed by atoms with Gasteiger partial charge in [-0.3, -0.25) is 5.73 Å². The van der Waals surface area contributed by atoms with E-state index in [-0.39, 0.29) is 11.3 Å². The van der Waals surface area contributed by atoms with Crippen LogP contribution >= 0.6 is 0 Å². The fraction of sp³-hybridized carbons (Fsp3) is 0.286. The summed E-state index contributed by atoms with van der Waals surface area (Å²) < 4.78 is 9.44. The topological polar surface area (TPSA) is 61.5 Å². The van der Waals surface area contributed by atoms with Crippen LogP contribution in [0.4, 0.5) is 0 Å². The van der Waals surface area contributed by atoms with Crippen molar-refractivity contribution in [3.8, 4) is 0 Å². The average molecular weight is 165 g/mol. The molecule has 0 spiro atoms. The first-order valence-electron chi connectivity index (χ1n) is 3.29. The molecule has 1 aliphatic heterocycles. The molecule has 2 N–H and O–H groups in total. The van der Waals surface area contributed by atoms with E-state index in [9.17, 15) is 4.79 Å². The van der Waals surface area contributed by atoms with Crippen molar-refractivity contribution in [2.24, 2.45) is 5.73 Å². The number of carbonyl (C=O) groups is 1. The molecular formula is C7H8BNO3. The van der Waals surface area contributed by atoms with Gasteiger partial charge in [-0.15, -0.1) is 0 Å². The molecular weight excluding hydrogens is 157 g/mol. The predicted octanol–water partition coefficient (Wildman–Crippen LogP) is -0.242. The van der Waals surface area contributed by atoms with E-state index < -0.39 is 11.6 Å². The SMILES string of the molecule is [B]C1(N)OC(=O)C(C)=C1OC=C. The molecule has 12 heavy (non-hydrogen) atoms. The van der Waals surface area contributed by atoms with E-state index in [0.717, 1.165) is 6.26 Å². The summed E-state index contributed by atoms with van der Waals surface area (Å²) >= 11 is 0. The van der Waals surface area contributed by atoms with Gasteiger partial charge in [0.25, 0.3) is 0 Å². The number of ether oxygens (including phenoxy) is 2. The Hall–Kier alpha value is -1.23. The molecule has 0 fully saturated rings. The standard InChI is InChI=1S/C7H8BNO3/c1-3-11-5-4(2)6(10)12-7(5,8)9/h3H,1,9H2,2H3. The molecule has 1 heterocycles. The van der Waals surface area contributed by atoms with Crippen molar-refractivity contribution in [1.82, 2.24) is 0 Å². The highest BCUT2D eigenvalue weighted by Gasteiger charge is 2.39. The Balaban J connectivity index is 3.03. The number of esters is 1. The lowest BCUT2D eigenvalue weighted by Crippen LogP contribution is -2.43. The molecule has 1 unspecified atom stereocenters. The van der Waals surface area contributed by atoms with Gasteiger partial charge in [0.1, 0.15) is 0 Å². The smallest absolute Gasteiger partial charge is 0.338 e. The molecule has 0 saturated heterocycles. The number of nitrogens with two attached hydrogens (primary N) is 1.